The average molecular weight is 531 g/mol. The van der Waals surface area contributed by atoms with Crippen LogP contribution in [0.2, 0.25) is 10.0 Å². The quantitative estimate of drug-likeness (QED) is 0.209. The molecule has 0 unspecified atom stereocenters. The number of nitrogens with zero attached hydrogens (tertiary/aromatic N) is 2. The third-order valence-corrected chi connectivity index (χ3v) is 6.95. The van der Waals surface area contributed by atoms with Crippen LogP contribution in [0.15, 0.2) is 60.9 Å². The Hall–Kier alpha value is -2.91. The van der Waals surface area contributed by atoms with Crippen molar-refractivity contribution in [3.05, 3.63) is 87.0 Å². The lowest BCUT2D eigenvalue weighted by atomic mass is 10.0. The van der Waals surface area contributed by atoms with Gasteiger partial charge in [-0.15, -0.1) is 11.3 Å². The van der Waals surface area contributed by atoms with Crippen LogP contribution in [0, 0.1) is 6.92 Å². The molecule has 4 aromatic rings. The molecular formula is C24H20Cl2N4O2S2. The molecular weight excluding hydrogens is 511 g/mol. The Bertz CT molecular complexity index is 1350. The molecule has 4 rings (SSSR count). The second-order valence-corrected chi connectivity index (χ2v) is 9.80. The van der Waals surface area contributed by atoms with Crippen LogP contribution < -0.4 is 10.6 Å². The summed E-state index contributed by atoms with van der Waals surface area (Å²) in [5.41, 5.74) is 3.89. The Morgan fingerprint density at radius 2 is 1.91 bits per heavy atom. The SMILES string of the molecule is COC(=O)c1c(NC(=S)Nc2cnn(Cc3ccc(Cl)c(Cl)c3)c2)sc(C)c1-c1ccccc1. The second-order valence-electron chi connectivity index (χ2n) is 7.35. The number of hydrogen-bond acceptors (Lipinski definition) is 5. The Morgan fingerprint density at radius 1 is 1.15 bits per heavy atom. The van der Waals surface area contributed by atoms with Crippen molar-refractivity contribution >= 4 is 68.5 Å². The Kier molecular flexibility index (Phi) is 7.53. The lowest BCUT2D eigenvalue weighted by Crippen LogP contribution is -2.19. The predicted molar refractivity (Wildman–Crippen MR) is 143 cm³/mol. The topological polar surface area (TPSA) is 68.2 Å². The van der Waals surface area contributed by atoms with Crippen molar-refractivity contribution in [1.29, 1.82) is 0 Å². The van der Waals surface area contributed by atoms with E-state index in [1.807, 2.05) is 55.6 Å². The number of methoxy groups -OCH3 is 1. The Morgan fingerprint density at radius 3 is 2.62 bits per heavy atom. The molecule has 0 aliphatic carbocycles. The summed E-state index contributed by atoms with van der Waals surface area (Å²) in [7, 11) is 1.37. The van der Waals surface area contributed by atoms with Crippen LogP contribution in [0.1, 0.15) is 20.8 Å². The minimum absolute atomic E-state index is 0.333. The van der Waals surface area contributed by atoms with E-state index in [-0.39, 0.29) is 0 Å². The average Bonchev–Trinajstić information content (AvgIpc) is 3.39. The summed E-state index contributed by atoms with van der Waals surface area (Å²) >= 11 is 19.0. The van der Waals surface area contributed by atoms with Crippen molar-refractivity contribution in [2.45, 2.75) is 13.5 Å². The van der Waals surface area contributed by atoms with Crippen molar-refractivity contribution in [3.8, 4) is 11.1 Å². The molecule has 0 atom stereocenters. The molecule has 0 bridgehead atoms. The molecule has 0 amide bonds. The zero-order valence-corrected chi connectivity index (χ0v) is 21.4. The molecule has 0 saturated carbocycles. The minimum Gasteiger partial charge on any atom is -0.465 e. The van der Waals surface area contributed by atoms with Crippen molar-refractivity contribution in [3.63, 3.8) is 0 Å². The summed E-state index contributed by atoms with van der Waals surface area (Å²) in [6.07, 6.45) is 3.49. The Labute approximate surface area is 216 Å². The van der Waals surface area contributed by atoms with Crippen molar-refractivity contribution in [2.24, 2.45) is 0 Å². The van der Waals surface area contributed by atoms with Gasteiger partial charge in [-0.25, -0.2) is 4.79 Å². The number of thiophene rings is 1. The fourth-order valence-corrected chi connectivity index (χ4v) is 5.16. The minimum atomic E-state index is -0.428. The van der Waals surface area contributed by atoms with E-state index < -0.39 is 5.97 Å². The lowest BCUT2D eigenvalue weighted by molar-refractivity contribution is 0.0603. The first-order valence-corrected chi connectivity index (χ1v) is 12.1. The van der Waals surface area contributed by atoms with Gasteiger partial charge >= 0.3 is 5.97 Å². The van der Waals surface area contributed by atoms with Gasteiger partial charge < -0.3 is 15.4 Å². The maximum Gasteiger partial charge on any atom is 0.341 e. The number of aryl methyl sites for hydroxylation is 1. The number of esters is 1. The molecule has 0 fully saturated rings. The van der Waals surface area contributed by atoms with Gasteiger partial charge in [0, 0.05) is 16.6 Å². The molecule has 0 spiro atoms. The molecule has 2 aromatic carbocycles. The highest BCUT2D eigenvalue weighted by Gasteiger charge is 2.24. The Balaban J connectivity index is 1.50. The molecule has 0 radical (unpaired) electrons. The van der Waals surface area contributed by atoms with Gasteiger partial charge in [-0.05, 0) is 42.4 Å². The van der Waals surface area contributed by atoms with Crippen molar-refractivity contribution in [1.82, 2.24) is 9.78 Å². The van der Waals surface area contributed by atoms with Gasteiger partial charge in [0.2, 0.25) is 0 Å². The number of carbonyl (C=O) groups is 1. The van der Waals surface area contributed by atoms with E-state index in [2.05, 4.69) is 15.7 Å². The highest BCUT2D eigenvalue weighted by atomic mass is 35.5. The summed E-state index contributed by atoms with van der Waals surface area (Å²) in [6, 6.07) is 15.2. The fourth-order valence-electron chi connectivity index (χ4n) is 3.49. The lowest BCUT2D eigenvalue weighted by Gasteiger charge is -2.10. The molecule has 2 aromatic heterocycles. The van der Waals surface area contributed by atoms with Crippen LogP contribution in [0.4, 0.5) is 10.7 Å². The highest BCUT2D eigenvalue weighted by molar-refractivity contribution is 7.80. The summed E-state index contributed by atoms with van der Waals surface area (Å²) in [5, 5.41) is 12.6. The normalized spacial score (nSPS) is 10.7. The van der Waals surface area contributed by atoms with E-state index in [0.29, 0.717) is 38.0 Å². The first kappa shape index (κ1) is 24.2. The summed E-state index contributed by atoms with van der Waals surface area (Å²) in [6.45, 7) is 2.49. The number of carbonyl (C=O) groups excluding carboxylic acids is 1. The number of hydrogen-bond donors (Lipinski definition) is 2. The van der Waals surface area contributed by atoms with E-state index in [1.54, 1.807) is 16.9 Å². The number of thiocarbonyl (C=S) groups is 1. The standard InChI is InChI=1S/C24H20Cl2N4O2S2/c1-14-20(16-6-4-3-5-7-16)21(23(31)32-2)22(34-14)29-24(33)28-17-11-27-30(13-17)12-15-8-9-18(25)19(26)10-15/h3-11,13H,12H2,1-2H3,(H2,28,29,33). The third kappa shape index (κ3) is 5.42. The second kappa shape index (κ2) is 10.6. The number of ether oxygens (including phenoxy) is 1. The summed E-state index contributed by atoms with van der Waals surface area (Å²) in [4.78, 5) is 13.6. The van der Waals surface area contributed by atoms with Crippen LogP contribution in [-0.4, -0.2) is 28.0 Å². The van der Waals surface area contributed by atoms with Gasteiger partial charge in [0.05, 0.1) is 35.6 Å². The van der Waals surface area contributed by atoms with Crippen LogP contribution >= 0.6 is 46.8 Å². The number of benzene rings is 2. The molecule has 10 heteroatoms. The van der Waals surface area contributed by atoms with Gasteiger partial charge in [-0.1, -0.05) is 59.6 Å². The number of aromatic nitrogens is 2. The number of halogens is 2. The first-order chi connectivity index (χ1) is 16.4. The van der Waals surface area contributed by atoms with Crippen molar-refractivity contribution in [2.75, 3.05) is 17.7 Å². The molecule has 2 heterocycles. The van der Waals surface area contributed by atoms with E-state index >= 15 is 0 Å². The summed E-state index contributed by atoms with van der Waals surface area (Å²) in [5.74, 6) is -0.428. The molecule has 0 aliphatic heterocycles. The smallest absolute Gasteiger partial charge is 0.341 e. The molecule has 6 nitrogen and oxygen atoms in total. The maximum absolute atomic E-state index is 12.7. The maximum atomic E-state index is 12.7. The highest BCUT2D eigenvalue weighted by Crippen LogP contribution is 2.40. The van der Waals surface area contributed by atoms with E-state index in [0.717, 1.165) is 21.6 Å². The first-order valence-electron chi connectivity index (χ1n) is 10.2. The number of anilines is 2. The largest absolute Gasteiger partial charge is 0.465 e. The third-order valence-electron chi connectivity index (χ3n) is 4.98. The predicted octanol–water partition coefficient (Wildman–Crippen LogP) is 6.87. The molecule has 34 heavy (non-hydrogen) atoms. The van der Waals surface area contributed by atoms with Gasteiger partial charge in [0.1, 0.15) is 10.6 Å². The van der Waals surface area contributed by atoms with Crippen LogP contribution in [-0.2, 0) is 11.3 Å². The van der Waals surface area contributed by atoms with Gasteiger partial charge in [0.25, 0.3) is 0 Å². The van der Waals surface area contributed by atoms with Gasteiger partial charge in [-0.2, -0.15) is 5.10 Å². The monoisotopic (exact) mass is 530 g/mol. The van der Waals surface area contributed by atoms with E-state index in [4.69, 9.17) is 40.2 Å². The van der Waals surface area contributed by atoms with Crippen LogP contribution in [0.5, 0.6) is 0 Å². The summed E-state index contributed by atoms with van der Waals surface area (Å²) < 4.78 is 6.82. The molecule has 0 saturated heterocycles. The van der Waals surface area contributed by atoms with Gasteiger partial charge in [-0.3, -0.25) is 4.68 Å². The number of nitrogens with one attached hydrogen (secondary N) is 2. The molecule has 0 aliphatic rings. The van der Waals surface area contributed by atoms with Gasteiger partial charge in [0.15, 0.2) is 5.11 Å². The zero-order valence-electron chi connectivity index (χ0n) is 18.3. The van der Waals surface area contributed by atoms with Crippen LogP contribution in [0.25, 0.3) is 11.1 Å². The number of rotatable bonds is 6. The molecule has 174 valence electrons. The molecule has 2 N–H and O–H groups in total. The fraction of sp³-hybridized carbons (Fsp3) is 0.125. The van der Waals surface area contributed by atoms with Crippen molar-refractivity contribution < 1.29 is 9.53 Å². The zero-order chi connectivity index (χ0) is 24.2. The van der Waals surface area contributed by atoms with E-state index in [9.17, 15) is 4.79 Å². The van der Waals surface area contributed by atoms with Crippen LogP contribution in [0.3, 0.4) is 0 Å². The van der Waals surface area contributed by atoms with E-state index in [1.165, 1.54) is 18.4 Å².